The lowest BCUT2D eigenvalue weighted by Gasteiger charge is -2.56. The summed E-state index contributed by atoms with van der Waals surface area (Å²) in [6.45, 7) is 1.63. The van der Waals surface area contributed by atoms with Crippen LogP contribution in [0.3, 0.4) is 0 Å². The maximum Gasteiger partial charge on any atom is 0.416 e. The minimum absolute atomic E-state index is 0.0444. The predicted molar refractivity (Wildman–Crippen MR) is 130 cm³/mol. The van der Waals surface area contributed by atoms with Crippen LogP contribution in [0.1, 0.15) is 54.5 Å². The number of carbonyl (C=O) groups excluding carboxylic acids is 1. The highest BCUT2D eigenvalue weighted by Gasteiger charge is 2.54. The first-order valence-electron chi connectivity index (χ1n) is 12.6. The molecule has 1 unspecified atom stereocenters. The molecule has 4 atom stereocenters. The van der Waals surface area contributed by atoms with E-state index in [0.29, 0.717) is 31.5 Å². The van der Waals surface area contributed by atoms with Crippen LogP contribution in [0, 0.1) is 0 Å². The van der Waals surface area contributed by atoms with Crippen LogP contribution in [0.5, 0.6) is 0 Å². The van der Waals surface area contributed by atoms with Crippen molar-refractivity contribution in [1.29, 1.82) is 0 Å². The topological polar surface area (TPSA) is 80.2 Å². The molecule has 0 radical (unpaired) electrons. The SMILES string of the molecule is C[C@@H](OC[C@@]1(c2ccccc2)CC[C@@]2(n3cn[nH]c3=O)CC(=O)CN1C2)c1cc(C(F)(F)F)cc(C(F)(F)F)c1. The van der Waals surface area contributed by atoms with E-state index in [-0.39, 0.29) is 37.0 Å². The van der Waals surface area contributed by atoms with Gasteiger partial charge < -0.3 is 4.74 Å². The molecular weight excluding hydrogens is 542 g/mol. The van der Waals surface area contributed by atoms with Gasteiger partial charge in [-0.2, -0.15) is 31.4 Å². The molecule has 214 valence electrons. The van der Waals surface area contributed by atoms with E-state index in [9.17, 15) is 35.9 Å². The van der Waals surface area contributed by atoms with Gasteiger partial charge in [0.15, 0.2) is 0 Å². The van der Waals surface area contributed by atoms with Gasteiger partial charge in [-0.15, -0.1) is 0 Å². The lowest BCUT2D eigenvalue weighted by Crippen LogP contribution is -2.66. The van der Waals surface area contributed by atoms with Gasteiger partial charge in [-0.1, -0.05) is 30.3 Å². The van der Waals surface area contributed by atoms with E-state index in [1.807, 2.05) is 23.1 Å². The van der Waals surface area contributed by atoms with E-state index in [2.05, 4.69) is 10.2 Å². The molecule has 0 aliphatic carbocycles. The van der Waals surface area contributed by atoms with Gasteiger partial charge in [-0.3, -0.25) is 14.3 Å². The highest BCUT2D eigenvalue weighted by Crippen LogP contribution is 2.48. The Morgan fingerprint density at radius 3 is 2.23 bits per heavy atom. The largest absolute Gasteiger partial charge is 0.416 e. The normalized spacial score (nSPS) is 26.1. The number of aromatic amines is 1. The zero-order chi connectivity index (χ0) is 28.9. The van der Waals surface area contributed by atoms with Crippen molar-refractivity contribution < 1.29 is 35.9 Å². The molecule has 40 heavy (non-hydrogen) atoms. The fraction of sp³-hybridized carbons (Fsp3) is 0.444. The lowest BCUT2D eigenvalue weighted by atomic mass is 9.70. The minimum Gasteiger partial charge on any atom is -0.372 e. The molecule has 2 aliphatic heterocycles. The van der Waals surface area contributed by atoms with Crippen molar-refractivity contribution in [3.8, 4) is 0 Å². The number of nitrogens with zero attached hydrogens (tertiary/aromatic N) is 3. The number of Topliss-reactive ketones (excluding diaryl/α,β-unsaturated/α-hetero) is 1. The second-order valence-electron chi connectivity index (χ2n) is 10.5. The number of fused-ring (bicyclic) bond motifs is 2. The van der Waals surface area contributed by atoms with E-state index in [4.69, 9.17) is 4.74 Å². The molecule has 1 N–H and O–H groups in total. The Balaban J connectivity index is 1.49. The maximum absolute atomic E-state index is 13.4. The number of alkyl halides is 6. The van der Waals surface area contributed by atoms with Crippen molar-refractivity contribution in [3.63, 3.8) is 0 Å². The van der Waals surface area contributed by atoms with Crippen LogP contribution < -0.4 is 5.69 Å². The lowest BCUT2D eigenvalue weighted by molar-refractivity contribution is -0.144. The van der Waals surface area contributed by atoms with E-state index in [1.54, 1.807) is 12.1 Å². The predicted octanol–water partition coefficient (Wildman–Crippen LogP) is 5.05. The van der Waals surface area contributed by atoms with Gasteiger partial charge >= 0.3 is 18.0 Å². The van der Waals surface area contributed by atoms with Gasteiger partial charge in [-0.25, -0.2) is 9.89 Å². The van der Waals surface area contributed by atoms with Gasteiger partial charge in [0.05, 0.1) is 41.5 Å². The highest BCUT2D eigenvalue weighted by atomic mass is 19.4. The van der Waals surface area contributed by atoms with Crippen molar-refractivity contribution >= 4 is 5.78 Å². The fourth-order valence-electron chi connectivity index (χ4n) is 5.93. The molecule has 5 rings (SSSR count). The third-order valence-corrected chi connectivity index (χ3v) is 8.01. The van der Waals surface area contributed by atoms with Crippen LogP contribution in [0.2, 0.25) is 0 Å². The number of H-pyrrole nitrogens is 1. The third kappa shape index (κ3) is 5.07. The number of nitrogens with one attached hydrogen (secondary N) is 1. The minimum atomic E-state index is -4.98. The summed E-state index contributed by atoms with van der Waals surface area (Å²) in [5, 5.41) is 6.17. The van der Waals surface area contributed by atoms with E-state index < -0.39 is 46.4 Å². The van der Waals surface area contributed by atoms with Gasteiger partial charge in [0.1, 0.15) is 12.1 Å². The first-order chi connectivity index (χ1) is 18.7. The molecule has 0 saturated carbocycles. The number of ketones is 1. The zero-order valence-electron chi connectivity index (χ0n) is 21.4. The second kappa shape index (κ2) is 9.88. The molecule has 7 nitrogen and oxygen atoms in total. The molecule has 1 aromatic heterocycles. The third-order valence-electron chi connectivity index (χ3n) is 8.01. The number of carbonyl (C=O) groups is 1. The summed E-state index contributed by atoms with van der Waals surface area (Å²) in [5.41, 5.74) is -4.53. The summed E-state index contributed by atoms with van der Waals surface area (Å²) in [7, 11) is 0. The van der Waals surface area contributed by atoms with Crippen molar-refractivity contribution in [1.82, 2.24) is 19.7 Å². The van der Waals surface area contributed by atoms with Crippen LogP contribution in [0.4, 0.5) is 26.3 Å². The van der Waals surface area contributed by atoms with E-state index in [1.165, 1.54) is 17.8 Å². The Hall–Kier alpha value is -3.45. The van der Waals surface area contributed by atoms with Crippen LogP contribution in [0.25, 0.3) is 0 Å². The quantitative estimate of drug-likeness (QED) is 0.422. The number of aromatic nitrogens is 3. The number of piperidine rings is 2. The average molecular weight is 569 g/mol. The van der Waals surface area contributed by atoms with E-state index >= 15 is 0 Å². The maximum atomic E-state index is 13.4. The number of hydrogen-bond donors (Lipinski definition) is 1. The van der Waals surface area contributed by atoms with Crippen molar-refractivity contribution in [2.45, 2.75) is 55.7 Å². The molecule has 2 saturated heterocycles. The monoisotopic (exact) mass is 568 g/mol. The number of rotatable bonds is 6. The average Bonchev–Trinajstić information content (AvgIpc) is 3.34. The number of halogens is 6. The molecule has 2 bridgehead atoms. The molecule has 3 heterocycles. The zero-order valence-corrected chi connectivity index (χ0v) is 21.4. The number of ether oxygens (including phenoxy) is 1. The number of hydrogen-bond acceptors (Lipinski definition) is 5. The highest BCUT2D eigenvalue weighted by molar-refractivity contribution is 5.82. The summed E-state index contributed by atoms with van der Waals surface area (Å²) < 4.78 is 88.1. The van der Waals surface area contributed by atoms with Crippen LogP contribution in [-0.2, 0) is 33.0 Å². The van der Waals surface area contributed by atoms with E-state index in [0.717, 1.165) is 5.56 Å². The Morgan fingerprint density at radius 2 is 1.65 bits per heavy atom. The Labute approximate surface area is 224 Å². The van der Waals surface area contributed by atoms with Gasteiger partial charge in [0, 0.05) is 13.0 Å². The van der Waals surface area contributed by atoms with Crippen LogP contribution in [-0.4, -0.2) is 45.1 Å². The first kappa shape index (κ1) is 28.1. The smallest absolute Gasteiger partial charge is 0.372 e. The second-order valence-corrected chi connectivity index (χ2v) is 10.5. The summed E-state index contributed by atoms with van der Waals surface area (Å²) in [6.07, 6.45) is -8.80. The van der Waals surface area contributed by atoms with Crippen molar-refractivity contribution in [3.05, 3.63) is 87.6 Å². The molecule has 0 amide bonds. The summed E-state index contributed by atoms with van der Waals surface area (Å²) in [5.74, 6) is -0.111. The first-order valence-corrected chi connectivity index (χ1v) is 12.6. The van der Waals surface area contributed by atoms with Crippen molar-refractivity contribution in [2.75, 3.05) is 19.7 Å². The van der Waals surface area contributed by atoms with Gasteiger partial charge in [0.25, 0.3) is 0 Å². The molecular formula is C27H26F6N4O3. The molecule has 2 aliphatic rings. The molecule has 13 heteroatoms. The van der Waals surface area contributed by atoms with Crippen LogP contribution in [0.15, 0.2) is 59.7 Å². The number of benzene rings is 2. The molecule has 3 aromatic rings. The molecule has 0 spiro atoms. The van der Waals surface area contributed by atoms with Crippen molar-refractivity contribution in [2.24, 2.45) is 0 Å². The van der Waals surface area contributed by atoms with Gasteiger partial charge in [0.2, 0.25) is 0 Å². The molecule has 2 fully saturated rings. The Bertz CT molecular complexity index is 1420. The fourth-order valence-corrected chi connectivity index (χ4v) is 5.93. The Kier molecular flexibility index (Phi) is 6.94. The van der Waals surface area contributed by atoms with Gasteiger partial charge in [-0.05, 0) is 49.1 Å². The standard InChI is InChI=1S/C27H26F6N4O3/c1-17(18-9-20(26(28,29)30)11-21(10-18)27(31,32)33)40-15-25(19-5-3-2-4-6-19)8-7-24(37-16-34-35-23(37)39)12-22(38)13-36(25)14-24/h2-6,9-11,16-17H,7-8,12-15H2,1H3,(H,35,39)/t17-,24-,25-/m1/s1. The molecule has 2 aromatic carbocycles. The Morgan fingerprint density at radius 1 is 1.00 bits per heavy atom. The van der Waals surface area contributed by atoms with Crippen LogP contribution >= 0.6 is 0 Å². The summed E-state index contributed by atoms with van der Waals surface area (Å²) >= 11 is 0. The summed E-state index contributed by atoms with van der Waals surface area (Å²) in [6, 6.07) is 10.5. The summed E-state index contributed by atoms with van der Waals surface area (Å²) in [4.78, 5) is 27.3.